The molecule has 7 nitrogen and oxygen atoms in total. The highest BCUT2D eigenvalue weighted by Gasteiger charge is 2.31. The van der Waals surface area contributed by atoms with Crippen LogP contribution >= 0.6 is 0 Å². The molecule has 1 atom stereocenters. The third-order valence-corrected chi connectivity index (χ3v) is 4.74. The fourth-order valence-corrected chi connectivity index (χ4v) is 3.31. The summed E-state index contributed by atoms with van der Waals surface area (Å²) in [6.45, 7) is 2.34. The quantitative estimate of drug-likeness (QED) is 0.766. The van der Waals surface area contributed by atoms with Gasteiger partial charge in [-0.15, -0.1) is 0 Å². The Morgan fingerprint density at radius 1 is 1.32 bits per heavy atom. The SMILES string of the molecule is Cc1ncc(C(C(N)=O)N2CCS(=O)(=O)CC2)cn1. The maximum atomic E-state index is 11.6. The zero-order valence-electron chi connectivity index (χ0n) is 10.6. The molecule has 0 saturated carbocycles. The van der Waals surface area contributed by atoms with Gasteiger partial charge in [0.25, 0.3) is 0 Å². The van der Waals surface area contributed by atoms with Crippen molar-refractivity contribution in [3.63, 3.8) is 0 Å². The predicted octanol–water partition coefficient (Wildman–Crippen LogP) is -0.958. The van der Waals surface area contributed by atoms with E-state index < -0.39 is 21.8 Å². The Bertz CT molecular complexity index is 556. The summed E-state index contributed by atoms with van der Waals surface area (Å²) in [5.41, 5.74) is 6.01. The van der Waals surface area contributed by atoms with Gasteiger partial charge in [-0.2, -0.15) is 0 Å². The molecule has 0 aliphatic carbocycles. The first-order chi connectivity index (χ1) is 8.89. The van der Waals surface area contributed by atoms with Crippen molar-refractivity contribution >= 4 is 15.7 Å². The van der Waals surface area contributed by atoms with Crippen LogP contribution in [-0.4, -0.2) is 53.8 Å². The van der Waals surface area contributed by atoms with Crippen LogP contribution < -0.4 is 5.73 Å². The standard InChI is InChI=1S/C11H16N4O3S/c1-8-13-6-9(7-14-8)10(11(12)16)15-2-4-19(17,18)5-3-15/h6-7,10H,2-5H2,1H3,(H2,12,16). The molecule has 0 bridgehead atoms. The molecule has 0 spiro atoms. The predicted molar refractivity (Wildman–Crippen MR) is 68.9 cm³/mol. The van der Waals surface area contributed by atoms with Gasteiger partial charge in [0, 0.05) is 31.0 Å². The van der Waals surface area contributed by atoms with Gasteiger partial charge in [-0.1, -0.05) is 0 Å². The van der Waals surface area contributed by atoms with Crippen LogP contribution in [-0.2, 0) is 14.6 Å². The summed E-state index contributed by atoms with van der Waals surface area (Å²) >= 11 is 0. The van der Waals surface area contributed by atoms with Crippen molar-refractivity contribution < 1.29 is 13.2 Å². The Kier molecular flexibility index (Phi) is 3.81. The number of aromatic nitrogens is 2. The Morgan fingerprint density at radius 2 is 1.84 bits per heavy atom. The van der Waals surface area contributed by atoms with Crippen molar-refractivity contribution in [1.29, 1.82) is 0 Å². The molecule has 2 N–H and O–H groups in total. The zero-order valence-corrected chi connectivity index (χ0v) is 11.4. The van der Waals surface area contributed by atoms with Crippen LogP contribution in [0.3, 0.4) is 0 Å². The minimum atomic E-state index is -2.99. The van der Waals surface area contributed by atoms with Gasteiger partial charge in [0.2, 0.25) is 5.91 Å². The van der Waals surface area contributed by atoms with Crippen molar-refractivity contribution in [1.82, 2.24) is 14.9 Å². The number of nitrogens with zero attached hydrogens (tertiary/aromatic N) is 3. The largest absolute Gasteiger partial charge is 0.368 e. The maximum absolute atomic E-state index is 11.6. The Hall–Kier alpha value is -1.54. The molecular weight excluding hydrogens is 268 g/mol. The smallest absolute Gasteiger partial charge is 0.239 e. The van der Waals surface area contributed by atoms with Gasteiger partial charge in [-0.05, 0) is 6.92 Å². The van der Waals surface area contributed by atoms with Gasteiger partial charge in [-0.3, -0.25) is 9.69 Å². The van der Waals surface area contributed by atoms with Crippen molar-refractivity contribution in [3.05, 3.63) is 23.8 Å². The summed E-state index contributed by atoms with van der Waals surface area (Å²) in [7, 11) is -2.99. The Morgan fingerprint density at radius 3 is 2.32 bits per heavy atom. The third kappa shape index (κ3) is 3.27. The number of amides is 1. The maximum Gasteiger partial charge on any atom is 0.239 e. The molecule has 2 heterocycles. The van der Waals surface area contributed by atoms with Gasteiger partial charge in [0.05, 0.1) is 11.5 Å². The molecule has 104 valence electrons. The Labute approximate surface area is 111 Å². The molecule has 0 aromatic carbocycles. The number of hydrogen-bond acceptors (Lipinski definition) is 6. The van der Waals surface area contributed by atoms with E-state index in [1.807, 2.05) is 0 Å². The summed E-state index contributed by atoms with van der Waals surface area (Å²) in [5, 5.41) is 0. The molecule has 1 saturated heterocycles. The van der Waals surface area contributed by atoms with Gasteiger partial charge < -0.3 is 5.73 Å². The molecule has 19 heavy (non-hydrogen) atoms. The van der Waals surface area contributed by atoms with E-state index in [0.29, 0.717) is 24.5 Å². The van der Waals surface area contributed by atoms with E-state index in [9.17, 15) is 13.2 Å². The topological polar surface area (TPSA) is 106 Å². The molecule has 1 fully saturated rings. The van der Waals surface area contributed by atoms with E-state index in [2.05, 4.69) is 9.97 Å². The van der Waals surface area contributed by atoms with E-state index in [1.54, 1.807) is 24.2 Å². The average Bonchev–Trinajstić information content (AvgIpc) is 2.33. The molecular formula is C11H16N4O3S. The van der Waals surface area contributed by atoms with E-state index >= 15 is 0 Å². The molecule has 1 unspecified atom stereocenters. The van der Waals surface area contributed by atoms with Crippen LogP contribution in [0.25, 0.3) is 0 Å². The number of aryl methyl sites for hydroxylation is 1. The molecule has 0 radical (unpaired) electrons. The Balaban J connectivity index is 2.22. The highest BCUT2D eigenvalue weighted by Crippen LogP contribution is 2.21. The van der Waals surface area contributed by atoms with Gasteiger partial charge in [0.15, 0.2) is 9.84 Å². The molecule has 1 aromatic rings. The number of carbonyl (C=O) groups excluding carboxylic acids is 1. The normalized spacial score (nSPS) is 20.9. The molecule has 1 aliphatic rings. The lowest BCUT2D eigenvalue weighted by Crippen LogP contribution is -2.46. The van der Waals surface area contributed by atoms with Crippen LogP contribution in [0.2, 0.25) is 0 Å². The van der Waals surface area contributed by atoms with Crippen LogP contribution in [0.4, 0.5) is 0 Å². The molecule has 8 heteroatoms. The number of nitrogens with two attached hydrogens (primary N) is 1. The lowest BCUT2D eigenvalue weighted by atomic mass is 10.1. The first-order valence-electron chi connectivity index (χ1n) is 5.91. The second-order valence-electron chi connectivity index (χ2n) is 4.56. The summed E-state index contributed by atoms with van der Waals surface area (Å²) in [6.07, 6.45) is 3.11. The van der Waals surface area contributed by atoms with Crippen LogP contribution in [0.5, 0.6) is 0 Å². The monoisotopic (exact) mass is 284 g/mol. The van der Waals surface area contributed by atoms with E-state index in [0.717, 1.165) is 0 Å². The third-order valence-electron chi connectivity index (χ3n) is 3.13. The number of rotatable bonds is 3. The first-order valence-corrected chi connectivity index (χ1v) is 7.73. The van der Waals surface area contributed by atoms with Gasteiger partial charge in [0.1, 0.15) is 11.9 Å². The average molecular weight is 284 g/mol. The number of sulfone groups is 1. The minimum Gasteiger partial charge on any atom is -0.368 e. The molecule has 1 aromatic heterocycles. The van der Waals surface area contributed by atoms with Crippen LogP contribution in [0, 0.1) is 6.92 Å². The fraction of sp³-hybridized carbons (Fsp3) is 0.545. The summed E-state index contributed by atoms with van der Waals surface area (Å²) in [5.74, 6) is 0.174. The van der Waals surface area contributed by atoms with Crippen molar-refractivity contribution in [3.8, 4) is 0 Å². The highest BCUT2D eigenvalue weighted by atomic mass is 32.2. The second kappa shape index (κ2) is 5.22. The number of carbonyl (C=O) groups is 1. The number of hydrogen-bond donors (Lipinski definition) is 1. The van der Waals surface area contributed by atoms with Gasteiger partial charge >= 0.3 is 0 Å². The highest BCUT2D eigenvalue weighted by molar-refractivity contribution is 7.91. The fourth-order valence-electron chi connectivity index (χ4n) is 2.08. The van der Waals surface area contributed by atoms with Crippen LogP contribution in [0.15, 0.2) is 12.4 Å². The van der Waals surface area contributed by atoms with Crippen molar-refractivity contribution in [2.75, 3.05) is 24.6 Å². The number of primary amides is 1. The molecule has 1 amide bonds. The van der Waals surface area contributed by atoms with Gasteiger partial charge in [-0.25, -0.2) is 18.4 Å². The lowest BCUT2D eigenvalue weighted by Gasteiger charge is -2.32. The first kappa shape index (κ1) is 13.9. The van der Waals surface area contributed by atoms with Crippen LogP contribution in [0.1, 0.15) is 17.4 Å². The van der Waals surface area contributed by atoms with E-state index in [1.165, 1.54) is 0 Å². The summed E-state index contributed by atoms with van der Waals surface area (Å²) < 4.78 is 22.8. The second-order valence-corrected chi connectivity index (χ2v) is 6.86. The van der Waals surface area contributed by atoms with Crippen molar-refractivity contribution in [2.24, 2.45) is 5.73 Å². The van der Waals surface area contributed by atoms with Crippen molar-refractivity contribution in [2.45, 2.75) is 13.0 Å². The van der Waals surface area contributed by atoms with E-state index in [4.69, 9.17) is 5.73 Å². The summed E-state index contributed by atoms with van der Waals surface area (Å²) in [4.78, 5) is 21.5. The molecule has 1 aliphatic heterocycles. The summed E-state index contributed by atoms with van der Waals surface area (Å²) in [6, 6.07) is -0.670. The minimum absolute atomic E-state index is 0.0451. The molecule has 2 rings (SSSR count). The lowest BCUT2D eigenvalue weighted by molar-refractivity contribution is -0.123. The van der Waals surface area contributed by atoms with E-state index in [-0.39, 0.29) is 11.5 Å². The zero-order chi connectivity index (χ0) is 14.0.